The third-order valence-electron chi connectivity index (χ3n) is 2.77. The molecule has 0 radical (unpaired) electrons. The van der Waals surface area contributed by atoms with E-state index < -0.39 is 17.7 Å². The average molecular weight is 245 g/mol. The van der Waals surface area contributed by atoms with Crippen LogP contribution in [-0.2, 0) is 9.53 Å². The van der Waals surface area contributed by atoms with Crippen molar-refractivity contribution in [3.05, 3.63) is 0 Å². The van der Waals surface area contributed by atoms with Crippen LogP contribution in [0.5, 0.6) is 0 Å². The highest BCUT2D eigenvalue weighted by Crippen LogP contribution is 2.19. The van der Waals surface area contributed by atoms with Gasteiger partial charge >= 0.3 is 6.03 Å². The summed E-state index contributed by atoms with van der Waals surface area (Å²) < 4.78 is 5.13. The van der Waals surface area contributed by atoms with Crippen LogP contribution in [0.2, 0.25) is 0 Å². The van der Waals surface area contributed by atoms with Crippen molar-refractivity contribution in [1.29, 1.82) is 0 Å². The molecule has 1 heterocycles. The van der Waals surface area contributed by atoms with Crippen LogP contribution < -0.4 is 16.4 Å². The lowest BCUT2D eigenvalue weighted by molar-refractivity contribution is -0.125. The lowest BCUT2D eigenvalue weighted by atomic mass is 9.94. The number of hydrogen-bond donors (Lipinski definition) is 4. The van der Waals surface area contributed by atoms with Gasteiger partial charge in [-0.15, -0.1) is 0 Å². The van der Waals surface area contributed by atoms with Gasteiger partial charge in [-0.05, 0) is 6.92 Å². The van der Waals surface area contributed by atoms with E-state index in [1.54, 1.807) is 0 Å². The molecule has 0 saturated carbocycles. The van der Waals surface area contributed by atoms with E-state index in [0.29, 0.717) is 26.1 Å². The maximum absolute atomic E-state index is 11.5. The molecule has 5 N–H and O–H groups in total. The quantitative estimate of drug-likeness (QED) is 0.493. The van der Waals surface area contributed by atoms with E-state index in [0.717, 1.165) is 0 Å². The van der Waals surface area contributed by atoms with Gasteiger partial charge in [0, 0.05) is 32.6 Å². The van der Waals surface area contributed by atoms with Crippen molar-refractivity contribution in [3.63, 3.8) is 0 Å². The number of amides is 3. The monoisotopic (exact) mass is 245 g/mol. The molecule has 0 aromatic heterocycles. The third-order valence-corrected chi connectivity index (χ3v) is 2.77. The summed E-state index contributed by atoms with van der Waals surface area (Å²) >= 11 is 0. The van der Waals surface area contributed by atoms with Crippen molar-refractivity contribution in [2.75, 3.05) is 19.8 Å². The van der Waals surface area contributed by atoms with Crippen LogP contribution in [0.25, 0.3) is 0 Å². The SMILES string of the molecule is CC(NC(N)=O)C(=O)NCC1(O)CCOCC1. The first-order chi connectivity index (χ1) is 7.93. The predicted octanol–water partition coefficient (Wildman–Crippen LogP) is -1.30. The van der Waals surface area contributed by atoms with E-state index in [2.05, 4.69) is 10.6 Å². The first-order valence-electron chi connectivity index (χ1n) is 5.57. The number of urea groups is 1. The molecular weight excluding hydrogens is 226 g/mol. The van der Waals surface area contributed by atoms with Crippen LogP contribution in [0.15, 0.2) is 0 Å². The zero-order chi connectivity index (χ0) is 12.9. The number of ether oxygens (including phenoxy) is 1. The normalized spacial score (nSPS) is 20.4. The Morgan fingerprint density at radius 1 is 1.47 bits per heavy atom. The highest BCUT2D eigenvalue weighted by Gasteiger charge is 2.30. The molecule has 1 fully saturated rings. The van der Waals surface area contributed by atoms with Crippen molar-refractivity contribution in [1.82, 2.24) is 10.6 Å². The fourth-order valence-electron chi connectivity index (χ4n) is 1.61. The summed E-state index contributed by atoms with van der Waals surface area (Å²) in [5, 5.41) is 14.9. The fourth-order valence-corrected chi connectivity index (χ4v) is 1.61. The van der Waals surface area contributed by atoms with Crippen molar-refractivity contribution in [3.8, 4) is 0 Å². The molecule has 17 heavy (non-hydrogen) atoms. The average Bonchev–Trinajstić information content (AvgIpc) is 2.26. The molecule has 3 amide bonds. The summed E-state index contributed by atoms with van der Waals surface area (Å²) in [4.78, 5) is 22.1. The van der Waals surface area contributed by atoms with Gasteiger partial charge in [-0.2, -0.15) is 0 Å². The topological polar surface area (TPSA) is 114 Å². The lowest BCUT2D eigenvalue weighted by Gasteiger charge is -2.32. The van der Waals surface area contributed by atoms with Gasteiger partial charge in [-0.25, -0.2) is 4.79 Å². The molecular formula is C10H19N3O4. The molecule has 0 aromatic rings. The Bertz CT molecular complexity index is 289. The molecule has 0 spiro atoms. The number of carbonyl (C=O) groups excluding carboxylic acids is 2. The van der Waals surface area contributed by atoms with Crippen molar-refractivity contribution >= 4 is 11.9 Å². The summed E-state index contributed by atoms with van der Waals surface area (Å²) in [5.74, 6) is -0.372. The Kier molecular flexibility index (Phi) is 4.71. The molecule has 1 aliphatic heterocycles. The van der Waals surface area contributed by atoms with Crippen LogP contribution >= 0.6 is 0 Å². The first-order valence-corrected chi connectivity index (χ1v) is 5.57. The van der Waals surface area contributed by atoms with E-state index in [1.807, 2.05) is 0 Å². The van der Waals surface area contributed by atoms with E-state index in [1.165, 1.54) is 6.92 Å². The zero-order valence-electron chi connectivity index (χ0n) is 9.86. The van der Waals surface area contributed by atoms with E-state index in [9.17, 15) is 14.7 Å². The molecule has 1 saturated heterocycles. The number of nitrogens with one attached hydrogen (secondary N) is 2. The fraction of sp³-hybridized carbons (Fsp3) is 0.800. The summed E-state index contributed by atoms with van der Waals surface area (Å²) in [6.07, 6.45) is 0.982. The number of aliphatic hydroxyl groups is 1. The maximum Gasteiger partial charge on any atom is 0.312 e. The van der Waals surface area contributed by atoms with Crippen LogP contribution in [0.3, 0.4) is 0 Å². The summed E-state index contributed by atoms with van der Waals surface area (Å²) in [6, 6.07) is -1.46. The number of nitrogens with two attached hydrogens (primary N) is 1. The molecule has 0 bridgehead atoms. The third kappa shape index (κ3) is 4.58. The first kappa shape index (κ1) is 13.7. The molecule has 1 atom stereocenters. The minimum atomic E-state index is -0.916. The van der Waals surface area contributed by atoms with Crippen molar-refractivity contribution in [2.24, 2.45) is 5.73 Å². The summed E-state index contributed by atoms with van der Waals surface area (Å²) in [7, 11) is 0. The van der Waals surface area contributed by atoms with E-state index >= 15 is 0 Å². The smallest absolute Gasteiger partial charge is 0.312 e. The van der Waals surface area contributed by atoms with Gasteiger partial charge in [0.05, 0.1) is 5.60 Å². The van der Waals surface area contributed by atoms with Crippen LogP contribution in [0.1, 0.15) is 19.8 Å². The molecule has 98 valence electrons. The number of hydrogen-bond acceptors (Lipinski definition) is 4. The van der Waals surface area contributed by atoms with Gasteiger partial charge < -0.3 is 26.2 Å². The lowest BCUT2D eigenvalue weighted by Crippen LogP contribution is -2.52. The van der Waals surface area contributed by atoms with Gasteiger partial charge in [-0.1, -0.05) is 0 Å². The second kappa shape index (κ2) is 5.83. The van der Waals surface area contributed by atoms with Crippen molar-refractivity contribution < 1.29 is 19.4 Å². The maximum atomic E-state index is 11.5. The Morgan fingerprint density at radius 2 is 2.06 bits per heavy atom. The van der Waals surface area contributed by atoms with Crippen LogP contribution in [-0.4, -0.2) is 48.4 Å². The second-order valence-electron chi connectivity index (χ2n) is 4.28. The minimum Gasteiger partial charge on any atom is -0.388 e. The van der Waals surface area contributed by atoms with Gasteiger partial charge in [0.1, 0.15) is 6.04 Å². The van der Waals surface area contributed by atoms with Crippen molar-refractivity contribution in [2.45, 2.75) is 31.4 Å². The summed E-state index contributed by atoms with van der Waals surface area (Å²) in [5.41, 5.74) is 3.98. The van der Waals surface area contributed by atoms with Crippen LogP contribution in [0, 0.1) is 0 Å². The Morgan fingerprint density at radius 3 is 2.59 bits per heavy atom. The van der Waals surface area contributed by atoms with E-state index in [-0.39, 0.29) is 12.5 Å². The standard InChI is InChI=1S/C10H19N3O4/c1-7(13-9(11)15)8(14)12-6-10(16)2-4-17-5-3-10/h7,16H,2-6H2,1H3,(H,12,14)(H3,11,13,15). The highest BCUT2D eigenvalue weighted by atomic mass is 16.5. The Hall–Kier alpha value is -1.34. The predicted molar refractivity (Wildman–Crippen MR) is 60.2 cm³/mol. The van der Waals surface area contributed by atoms with Gasteiger partial charge in [-0.3, -0.25) is 4.79 Å². The molecule has 7 nitrogen and oxygen atoms in total. The number of carbonyl (C=O) groups is 2. The summed E-state index contributed by atoms with van der Waals surface area (Å²) in [6.45, 7) is 2.65. The van der Waals surface area contributed by atoms with Gasteiger partial charge in [0.25, 0.3) is 0 Å². The molecule has 0 aromatic carbocycles. The Balaban J connectivity index is 2.33. The molecule has 0 aliphatic carbocycles. The van der Waals surface area contributed by atoms with Crippen LogP contribution in [0.4, 0.5) is 4.79 Å². The molecule has 7 heteroatoms. The molecule has 1 aliphatic rings. The second-order valence-corrected chi connectivity index (χ2v) is 4.28. The molecule has 1 unspecified atom stereocenters. The largest absolute Gasteiger partial charge is 0.388 e. The zero-order valence-corrected chi connectivity index (χ0v) is 9.86. The van der Waals surface area contributed by atoms with Gasteiger partial charge in [0.15, 0.2) is 0 Å². The highest BCUT2D eigenvalue weighted by molar-refractivity contribution is 5.86. The number of rotatable bonds is 4. The number of primary amides is 1. The van der Waals surface area contributed by atoms with E-state index in [4.69, 9.17) is 10.5 Å². The molecule has 1 rings (SSSR count). The Labute approximate surface area is 99.7 Å². The van der Waals surface area contributed by atoms with Gasteiger partial charge in [0.2, 0.25) is 5.91 Å². The minimum absolute atomic E-state index is 0.153.